The van der Waals surface area contributed by atoms with Crippen LogP contribution in [0.3, 0.4) is 0 Å². The Morgan fingerprint density at radius 2 is 2.00 bits per heavy atom. The van der Waals surface area contributed by atoms with Crippen LogP contribution in [-0.2, 0) is 0 Å². The van der Waals surface area contributed by atoms with Gasteiger partial charge in [0.25, 0.3) is 0 Å². The van der Waals surface area contributed by atoms with Crippen LogP contribution in [0, 0.1) is 16.0 Å². The molecule has 0 aliphatic heterocycles. The van der Waals surface area contributed by atoms with Crippen LogP contribution < -0.4 is 4.74 Å². The highest BCUT2D eigenvalue weighted by atomic mass is 35.5. The quantitative estimate of drug-likeness (QED) is 0.466. The molecule has 0 spiro atoms. The van der Waals surface area contributed by atoms with Gasteiger partial charge < -0.3 is 4.74 Å². The van der Waals surface area contributed by atoms with Crippen molar-refractivity contribution in [1.82, 2.24) is 0 Å². The lowest BCUT2D eigenvalue weighted by Gasteiger charge is -2.11. The highest BCUT2D eigenvalue weighted by Gasteiger charge is 2.18. The Kier molecular flexibility index (Phi) is 5.31. The molecule has 4 nitrogen and oxygen atoms in total. The van der Waals surface area contributed by atoms with Crippen molar-refractivity contribution in [1.29, 1.82) is 0 Å². The summed E-state index contributed by atoms with van der Waals surface area (Å²) < 4.78 is 5.32. The van der Waals surface area contributed by atoms with Crippen LogP contribution in [0.15, 0.2) is 12.1 Å². The van der Waals surface area contributed by atoms with Gasteiger partial charge in [-0.3, -0.25) is 10.1 Å². The van der Waals surface area contributed by atoms with E-state index in [1.807, 2.05) is 6.92 Å². The summed E-state index contributed by atoms with van der Waals surface area (Å²) in [6.45, 7) is 2.15. The van der Waals surface area contributed by atoms with E-state index in [0.29, 0.717) is 5.88 Å². The van der Waals surface area contributed by atoms with Gasteiger partial charge in [-0.25, -0.2) is 0 Å². The van der Waals surface area contributed by atoms with Crippen LogP contribution in [0.4, 0.5) is 5.69 Å². The number of hydrogen-bond acceptors (Lipinski definition) is 3. The summed E-state index contributed by atoms with van der Waals surface area (Å²) >= 11 is 17.1. The maximum Gasteiger partial charge on any atom is 0.312 e. The molecule has 94 valence electrons. The molecule has 0 bridgehead atoms. The van der Waals surface area contributed by atoms with Crippen LogP contribution in [0.5, 0.6) is 5.75 Å². The molecular weight excluding hydrogens is 288 g/mol. The lowest BCUT2D eigenvalue weighted by molar-refractivity contribution is -0.385. The molecule has 0 fully saturated rings. The molecule has 1 aromatic rings. The van der Waals surface area contributed by atoms with Gasteiger partial charge in [-0.05, 0) is 0 Å². The topological polar surface area (TPSA) is 52.4 Å². The summed E-state index contributed by atoms with van der Waals surface area (Å²) in [5, 5.41) is 11.1. The molecule has 0 amide bonds. The highest BCUT2D eigenvalue weighted by molar-refractivity contribution is 6.42. The Morgan fingerprint density at radius 1 is 1.41 bits per heavy atom. The largest absolute Gasteiger partial charge is 0.486 e. The van der Waals surface area contributed by atoms with Crippen molar-refractivity contribution in [3.63, 3.8) is 0 Å². The fourth-order valence-corrected chi connectivity index (χ4v) is 1.45. The molecule has 1 aromatic carbocycles. The zero-order chi connectivity index (χ0) is 13.0. The maximum atomic E-state index is 10.8. The van der Waals surface area contributed by atoms with E-state index in [2.05, 4.69) is 0 Å². The van der Waals surface area contributed by atoms with Gasteiger partial charge in [-0.1, -0.05) is 30.1 Å². The number of hydrogen-bond donors (Lipinski definition) is 0. The molecule has 1 unspecified atom stereocenters. The van der Waals surface area contributed by atoms with Crippen molar-refractivity contribution in [2.45, 2.75) is 6.92 Å². The SMILES string of the molecule is CC(CCl)COc1cc(Cl)c(Cl)cc1[N+](=O)[O-]. The van der Waals surface area contributed by atoms with Crippen molar-refractivity contribution in [3.05, 3.63) is 32.3 Å². The molecular formula is C10H10Cl3NO3. The highest BCUT2D eigenvalue weighted by Crippen LogP contribution is 2.35. The van der Waals surface area contributed by atoms with Gasteiger partial charge in [-0.15, -0.1) is 11.6 Å². The molecule has 0 heterocycles. The summed E-state index contributed by atoms with van der Waals surface area (Å²) in [6, 6.07) is 2.51. The molecule has 17 heavy (non-hydrogen) atoms. The minimum Gasteiger partial charge on any atom is -0.486 e. The monoisotopic (exact) mass is 297 g/mol. The van der Waals surface area contributed by atoms with Crippen LogP contribution in [0.1, 0.15) is 6.92 Å². The molecule has 0 saturated carbocycles. The lowest BCUT2D eigenvalue weighted by atomic mass is 10.2. The number of benzene rings is 1. The van der Waals surface area contributed by atoms with E-state index in [9.17, 15) is 10.1 Å². The second-order valence-corrected chi connectivity index (χ2v) is 4.68. The molecule has 1 rings (SSSR count). The van der Waals surface area contributed by atoms with E-state index >= 15 is 0 Å². The number of nitrogens with zero attached hydrogens (tertiary/aromatic N) is 1. The molecule has 0 aliphatic rings. The number of halogens is 3. The van der Waals surface area contributed by atoms with Crippen LogP contribution in [0.25, 0.3) is 0 Å². The molecule has 0 saturated heterocycles. The molecule has 1 atom stereocenters. The Hall–Kier alpha value is -0.710. The first-order chi connectivity index (χ1) is 7.95. The summed E-state index contributed by atoms with van der Waals surface area (Å²) in [5.74, 6) is 0.599. The minimum absolute atomic E-state index is 0.0886. The summed E-state index contributed by atoms with van der Waals surface area (Å²) in [5.41, 5.74) is -0.207. The predicted molar refractivity (Wildman–Crippen MR) is 68.5 cm³/mol. The molecule has 0 radical (unpaired) electrons. The van der Waals surface area contributed by atoms with E-state index in [4.69, 9.17) is 39.5 Å². The van der Waals surface area contributed by atoms with Crippen molar-refractivity contribution >= 4 is 40.5 Å². The fourth-order valence-electron chi connectivity index (χ4n) is 1.05. The standard InChI is InChI=1S/C10H10Cl3NO3/c1-6(4-11)5-17-10-3-8(13)7(12)2-9(10)14(15)16/h2-3,6H,4-5H2,1H3. The summed E-state index contributed by atoms with van der Waals surface area (Å²) in [4.78, 5) is 10.2. The third-order valence-corrected chi connectivity index (χ3v) is 3.23. The van der Waals surface area contributed by atoms with Crippen LogP contribution >= 0.6 is 34.8 Å². The zero-order valence-corrected chi connectivity index (χ0v) is 11.2. The third kappa shape index (κ3) is 3.91. The van der Waals surface area contributed by atoms with Crippen LogP contribution in [0.2, 0.25) is 10.0 Å². The second kappa shape index (κ2) is 6.28. The average Bonchev–Trinajstić information content (AvgIpc) is 2.29. The fraction of sp³-hybridized carbons (Fsp3) is 0.400. The first kappa shape index (κ1) is 14.4. The normalized spacial score (nSPS) is 12.2. The lowest BCUT2D eigenvalue weighted by Crippen LogP contribution is -2.10. The Labute approximate surface area is 114 Å². The van der Waals surface area contributed by atoms with Gasteiger partial charge in [0, 0.05) is 23.9 Å². The van der Waals surface area contributed by atoms with Gasteiger partial charge in [-0.2, -0.15) is 0 Å². The Balaban J connectivity index is 2.96. The van der Waals surface area contributed by atoms with Gasteiger partial charge in [0.1, 0.15) is 0 Å². The number of alkyl halides is 1. The summed E-state index contributed by atoms with van der Waals surface area (Å²) in [6.07, 6.45) is 0. The Bertz CT molecular complexity index is 426. The minimum atomic E-state index is -0.567. The summed E-state index contributed by atoms with van der Waals surface area (Å²) in [7, 11) is 0. The van der Waals surface area contributed by atoms with E-state index in [-0.39, 0.29) is 34.0 Å². The van der Waals surface area contributed by atoms with Crippen molar-refractivity contribution in [3.8, 4) is 5.75 Å². The second-order valence-electron chi connectivity index (χ2n) is 3.56. The smallest absolute Gasteiger partial charge is 0.312 e. The van der Waals surface area contributed by atoms with Gasteiger partial charge in [0.2, 0.25) is 0 Å². The first-order valence-electron chi connectivity index (χ1n) is 4.78. The van der Waals surface area contributed by atoms with Crippen LogP contribution in [-0.4, -0.2) is 17.4 Å². The average molecular weight is 299 g/mol. The number of ether oxygens (including phenoxy) is 1. The Morgan fingerprint density at radius 3 is 2.53 bits per heavy atom. The van der Waals surface area contributed by atoms with E-state index < -0.39 is 4.92 Å². The molecule has 0 aromatic heterocycles. The molecule has 0 N–H and O–H groups in total. The predicted octanol–water partition coefficient (Wildman–Crippen LogP) is 4.16. The van der Waals surface area contributed by atoms with Crippen molar-refractivity contribution in [2.24, 2.45) is 5.92 Å². The number of rotatable bonds is 5. The van der Waals surface area contributed by atoms with E-state index in [1.165, 1.54) is 12.1 Å². The number of nitro groups is 1. The van der Waals surface area contributed by atoms with Gasteiger partial charge in [0.05, 0.1) is 21.6 Å². The number of nitro benzene ring substituents is 1. The maximum absolute atomic E-state index is 10.8. The zero-order valence-electron chi connectivity index (χ0n) is 8.95. The third-order valence-electron chi connectivity index (χ3n) is 1.99. The van der Waals surface area contributed by atoms with Crippen molar-refractivity contribution < 1.29 is 9.66 Å². The van der Waals surface area contributed by atoms with Crippen molar-refractivity contribution in [2.75, 3.05) is 12.5 Å². The molecule has 7 heteroatoms. The van der Waals surface area contributed by atoms with Gasteiger partial charge >= 0.3 is 5.69 Å². The first-order valence-corrected chi connectivity index (χ1v) is 6.07. The van der Waals surface area contributed by atoms with E-state index in [1.54, 1.807) is 0 Å². The molecule has 0 aliphatic carbocycles. The van der Waals surface area contributed by atoms with E-state index in [0.717, 1.165) is 0 Å². The van der Waals surface area contributed by atoms with Gasteiger partial charge in [0.15, 0.2) is 5.75 Å².